The van der Waals surface area contributed by atoms with Gasteiger partial charge < -0.3 is 4.55 Å². The third-order valence-electron chi connectivity index (χ3n) is 1.59. The Morgan fingerprint density at radius 3 is 2.73 bits per heavy atom. The Balaban J connectivity index is 2.80. The average molecular weight is 181 g/mol. The highest BCUT2D eigenvalue weighted by Crippen LogP contribution is 2.25. The van der Waals surface area contributed by atoms with E-state index >= 15 is 0 Å². The first-order valence-corrected chi connectivity index (χ1v) is 4.34. The topological polar surface area (TPSA) is 40.1 Å². The molecule has 0 aromatic carbocycles. The number of halogens is 2. The molecule has 0 spiro atoms. The Bertz CT molecular complexity index is 205. The van der Waals surface area contributed by atoms with Crippen LogP contribution in [0.3, 0.4) is 0 Å². The van der Waals surface area contributed by atoms with Crippen LogP contribution < -0.4 is 0 Å². The normalized spacial score (nSPS) is 34.6. The minimum Gasteiger partial charge on any atom is -0.772 e. The van der Waals surface area contributed by atoms with Crippen LogP contribution >= 0.6 is 0 Å². The monoisotopic (exact) mass is 181 g/mol. The van der Waals surface area contributed by atoms with Gasteiger partial charge in [0.15, 0.2) is 0 Å². The highest BCUT2D eigenvalue weighted by molar-refractivity contribution is 7.80. The molecule has 5 heteroatoms. The van der Waals surface area contributed by atoms with Crippen molar-refractivity contribution in [2.45, 2.75) is 24.3 Å². The van der Waals surface area contributed by atoms with E-state index in [1.165, 1.54) is 0 Å². The van der Waals surface area contributed by atoms with Gasteiger partial charge in [0, 0.05) is 0 Å². The molecule has 3 unspecified atom stereocenters. The molecule has 0 aromatic heterocycles. The number of hydrogen-bond donors (Lipinski definition) is 0. The summed E-state index contributed by atoms with van der Waals surface area (Å²) in [4.78, 5) is 0. The van der Waals surface area contributed by atoms with Crippen LogP contribution in [-0.2, 0) is 11.1 Å². The van der Waals surface area contributed by atoms with E-state index in [9.17, 15) is 17.5 Å². The van der Waals surface area contributed by atoms with E-state index in [0.717, 1.165) is 6.08 Å². The number of hydrogen-bond acceptors (Lipinski definition) is 2. The lowest BCUT2D eigenvalue weighted by Gasteiger charge is -2.24. The minimum absolute atomic E-state index is 0.0894. The average Bonchev–Trinajstić information content (AvgIpc) is 1.85. The molecule has 0 fully saturated rings. The van der Waals surface area contributed by atoms with Crippen LogP contribution in [0.5, 0.6) is 0 Å². The van der Waals surface area contributed by atoms with Crippen molar-refractivity contribution < 1.29 is 17.5 Å². The predicted octanol–water partition coefficient (Wildman–Crippen LogP) is 1.22. The van der Waals surface area contributed by atoms with Crippen LogP contribution in [0, 0.1) is 0 Å². The third-order valence-corrected chi connectivity index (χ3v) is 2.52. The molecular formula is C6H7F2O2S-. The maximum atomic E-state index is 12.7. The Kier molecular flexibility index (Phi) is 2.72. The van der Waals surface area contributed by atoms with Crippen LogP contribution in [0.15, 0.2) is 11.9 Å². The van der Waals surface area contributed by atoms with Gasteiger partial charge in [0.2, 0.25) is 0 Å². The molecule has 0 heterocycles. The van der Waals surface area contributed by atoms with Gasteiger partial charge in [-0.15, -0.1) is 0 Å². The molecule has 0 saturated carbocycles. The first-order valence-electron chi connectivity index (χ1n) is 3.20. The first-order chi connectivity index (χ1) is 5.13. The van der Waals surface area contributed by atoms with Gasteiger partial charge in [-0.3, -0.25) is 4.21 Å². The quantitative estimate of drug-likeness (QED) is 0.570. The molecule has 0 bridgehead atoms. The van der Waals surface area contributed by atoms with Crippen molar-refractivity contribution in [3.8, 4) is 0 Å². The predicted molar refractivity (Wildman–Crippen MR) is 36.0 cm³/mol. The minimum atomic E-state index is -2.68. The molecule has 0 radical (unpaired) electrons. The van der Waals surface area contributed by atoms with Gasteiger partial charge in [-0.25, -0.2) is 8.78 Å². The van der Waals surface area contributed by atoms with Gasteiger partial charge in [-0.05, 0) is 23.9 Å². The van der Waals surface area contributed by atoms with Crippen molar-refractivity contribution >= 4 is 11.1 Å². The van der Waals surface area contributed by atoms with E-state index in [1.54, 1.807) is 0 Å². The lowest BCUT2D eigenvalue weighted by atomic mass is 10.0. The van der Waals surface area contributed by atoms with Crippen LogP contribution in [0.25, 0.3) is 0 Å². The summed E-state index contributed by atoms with van der Waals surface area (Å²) in [6, 6.07) is 0. The van der Waals surface area contributed by atoms with Gasteiger partial charge in [0.25, 0.3) is 0 Å². The molecule has 11 heavy (non-hydrogen) atoms. The number of allylic oxidation sites excluding steroid dienone is 1. The highest BCUT2D eigenvalue weighted by atomic mass is 32.2. The van der Waals surface area contributed by atoms with Crippen molar-refractivity contribution in [3.63, 3.8) is 0 Å². The van der Waals surface area contributed by atoms with Crippen molar-refractivity contribution in [2.24, 2.45) is 0 Å². The zero-order valence-electron chi connectivity index (χ0n) is 5.63. The molecule has 0 aliphatic heterocycles. The molecule has 1 rings (SSSR count). The summed E-state index contributed by atoms with van der Waals surface area (Å²) in [5, 5.41) is -1.57. The molecule has 1 aliphatic rings. The van der Waals surface area contributed by atoms with Crippen molar-refractivity contribution in [2.75, 3.05) is 0 Å². The second kappa shape index (κ2) is 3.40. The summed E-state index contributed by atoms with van der Waals surface area (Å²) in [5.41, 5.74) is 0. The van der Waals surface area contributed by atoms with E-state index in [-0.39, 0.29) is 12.8 Å². The van der Waals surface area contributed by atoms with Crippen LogP contribution in [0.1, 0.15) is 12.8 Å². The van der Waals surface area contributed by atoms with Gasteiger partial charge in [0.1, 0.15) is 17.2 Å². The first kappa shape index (κ1) is 8.80. The molecular weight excluding hydrogens is 174 g/mol. The van der Waals surface area contributed by atoms with Crippen molar-refractivity contribution in [3.05, 3.63) is 11.9 Å². The molecule has 1 aliphatic carbocycles. The van der Waals surface area contributed by atoms with Gasteiger partial charge >= 0.3 is 0 Å². The molecule has 0 N–H and O–H groups in total. The van der Waals surface area contributed by atoms with E-state index in [1.807, 2.05) is 0 Å². The fourth-order valence-corrected chi connectivity index (χ4v) is 1.69. The lowest BCUT2D eigenvalue weighted by molar-refractivity contribution is 0.283. The van der Waals surface area contributed by atoms with E-state index in [4.69, 9.17) is 0 Å². The highest BCUT2D eigenvalue weighted by Gasteiger charge is 2.28. The SMILES string of the molecule is O=S([O-])C1C(F)=CCCC1F. The second-order valence-electron chi connectivity index (χ2n) is 2.36. The third kappa shape index (κ3) is 1.84. The van der Waals surface area contributed by atoms with Gasteiger partial charge in [-0.1, -0.05) is 6.08 Å². The summed E-state index contributed by atoms with van der Waals surface area (Å²) in [5.74, 6) is -0.864. The molecule has 2 nitrogen and oxygen atoms in total. The molecule has 0 amide bonds. The van der Waals surface area contributed by atoms with Crippen LogP contribution in [0.4, 0.5) is 8.78 Å². The molecule has 0 aromatic rings. The van der Waals surface area contributed by atoms with Crippen molar-refractivity contribution in [1.82, 2.24) is 0 Å². The molecule has 0 saturated heterocycles. The van der Waals surface area contributed by atoms with Gasteiger partial charge in [0.05, 0.1) is 0 Å². The Labute approximate surface area is 65.6 Å². The smallest absolute Gasteiger partial charge is 0.120 e. The van der Waals surface area contributed by atoms with E-state index in [0.29, 0.717) is 0 Å². The van der Waals surface area contributed by atoms with Crippen LogP contribution in [-0.4, -0.2) is 20.2 Å². The van der Waals surface area contributed by atoms with Crippen molar-refractivity contribution in [1.29, 1.82) is 0 Å². The fourth-order valence-electron chi connectivity index (χ4n) is 1.03. The largest absolute Gasteiger partial charge is 0.772 e. The number of rotatable bonds is 1. The maximum absolute atomic E-state index is 12.7. The second-order valence-corrected chi connectivity index (χ2v) is 3.39. The summed E-state index contributed by atoms with van der Waals surface area (Å²) < 4.78 is 45.8. The Hall–Kier alpha value is -0.290. The van der Waals surface area contributed by atoms with E-state index in [2.05, 4.69) is 0 Å². The molecule has 3 atom stereocenters. The zero-order valence-corrected chi connectivity index (χ0v) is 6.44. The summed E-state index contributed by atoms with van der Waals surface area (Å²) in [6.45, 7) is 0. The standard InChI is InChI=1S/C6H8F2O2S/c7-4-2-1-3-5(8)6(4)11(9)10/h2,5-6H,1,3H2,(H,9,10)/p-1. The zero-order chi connectivity index (χ0) is 8.43. The van der Waals surface area contributed by atoms with E-state index < -0.39 is 28.3 Å². The number of alkyl halides is 1. The fraction of sp³-hybridized carbons (Fsp3) is 0.667. The lowest BCUT2D eigenvalue weighted by Crippen LogP contribution is -2.30. The van der Waals surface area contributed by atoms with Crippen LogP contribution in [0.2, 0.25) is 0 Å². The summed E-state index contributed by atoms with van der Waals surface area (Å²) in [7, 11) is 0. The Morgan fingerprint density at radius 1 is 1.73 bits per heavy atom. The molecule has 64 valence electrons. The maximum Gasteiger partial charge on any atom is 0.120 e. The summed E-state index contributed by atoms with van der Waals surface area (Å²) >= 11 is -2.68. The van der Waals surface area contributed by atoms with Gasteiger partial charge in [-0.2, -0.15) is 0 Å². The summed E-state index contributed by atoms with van der Waals surface area (Å²) in [6.07, 6.45) is -0.0955. The Morgan fingerprint density at radius 2 is 2.36 bits per heavy atom.